The Hall–Kier alpha value is -1.38. The van der Waals surface area contributed by atoms with E-state index in [0.717, 1.165) is 0 Å². The molecule has 2 aliphatic rings. The second kappa shape index (κ2) is 4.86. The van der Waals surface area contributed by atoms with Crippen LogP contribution in [0.3, 0.4) is 0 Å². The molecule has 2 unspecified atom stereocenters. The number of anilines is 1. The van der Waals surface area contributed by atoms with Crippen molar-refractivity contribution < 1.29 is 0 Å². The molecule has 1 aromatic carbocycles. The van der Waals surface area contributed by atoms with Crippen LogP contribution in [-0.4, -0.2) is 12.1 Å². The summed E-state index contributed by atoms with van der Waals surface area (Å²) in [5.41, 5.74) is 1.18. The van der Waals surface area contributed by atoms with Crippen molar-refractivity contribution in [2.75, 3.05) is 5.01 Å². The molecule has 0 radical (unpaired) electrons. The molecule has 2 atom stereocenters. The van der Waals surface area contributed by atoms with Crippen molar-refractivity contribution in [1.82, 2.24) is 0 Å². The van der Waals surface area contributed by atoms with Gasteiger partial charge < -0.3 is 0 Å². The van der Waals surface area contributed by atoms with Gasteiger partial charge in [-0.15, -0.1) is 0 Å². The number of hydrogen-bond donors (Lipinski definition) is 0. The molecule has 0 spiro atoms. The van der Waals surface area contributed by atoms with Crippen molar-refractivity contribution >= 4 is 5.69 Å². The summed E-state index contributed by atoms with van der Waals surface area (Å²) >= 11 is 0. The van der Waals surface area contributed by atoms with Gasteiger partial charge in [0.1, 0.15) is 0 Å². The van der Waals surface area contributed by atoms with E-state index in [-0.39, 0.29) is 0 Å². The van der Waals surface area contributed by atoms with Gasteiger partial charge in [0.25, 0.3) is 0 Å². The molecule has 1 aromatic rings. The zero-order chi connectivity index (χ0) is 11.5. The molecule has 90 valence electrons. The monoisotopic (exact) mass is 229 g/mol. The van der Waals surface area contributed by atoms with E-state index < -0.39 is 0 Å². The van der Waals surface area contributed by atoms with Crippen LogP contribution in [0.5, 0.6) is 0 Å². The van der Waals surface area contributed by atoms with Crippen LogP contribution >= 0.6 is 0 Å². The Kier molecular flexibility index (Phi) is 3.08. The van der Waals surface area contributed by atoms with Crippen molar-refractivity contribution in [2.45, 2.75) is 50.6 Å². The van der Waals surface area contributed by atoms with E-state index >= 15 is 0 Å². The van der Waals surface area contributed by atoms with Crippen LogP contribution in [0.1, 0.15) is 38.5 Å². The van der Waals surface area contributed by atoms with Crippen molar-refractivity contribution in [3.63, 3.8) is 0 Å². The normalized spacial score (nSPS) is 28.6. The maximum atomic E-state index is 4.47. The van der Waals surface area contributed by atoms with E-state index in [4.69, 9.17) is 0 Å². The van der Waals surface area contributed by atoms with Gasteiger partial charge in [0.15, 0.2) is 0 Å². The Bertz CT molecular complexity index is 388. The summed E-state index contributed by atoms with van der Waals surface area (Å²) in [5.74, 6) is 0. The zero-order valence-electron chi connectivity index (χ0n) is 10.1. The molecular formula is C14H19N3. The summed E-state index contributed by atoms with van der Waals surface area (Å²) in [6.07, 6.45) is 7.79. The number of fused-ring (bicyclic) bond motifs is 1. The lowest BCUT2D eigenvalue weighted by molar-refractivity contribution is 0.420. The van der Waals surface area contributed by atoms with Gasteiger partial charge >= 0.3 is 0 Å². The minimum atomic E-state index is 0.426. The van der Waals surface area contributed by atoms with Crippen molar-refractivity contribution in [2.24, 2.45) is 10.3 Å². The Labute approximate surface area is 103 Å². The topological polar surface area (TPSA) is 28.0 Å². The first-order chi connectivity index (χ1) is 8.45. The fourth-order valence-electron chi connectivity index (χ4n) is 2.88. The lowest BCUT2D eigenvalue weighted by Crippen LogP contribution is -2.35. The predicted octanol–water partition coefficient (Wildman–Crippen LogP) is 3.97. The lowest BCUT2D eigenvalue weighted by atomic mass is 9.92. The highest BCUT2D eigenvalue weighted by molar-refractivity contribution is 5.47. The molecule has 0 saturated heterocycles. The number of benzene rings is 1. The highest BCUT2D eigenvalue weighted by atomic mass is 15.6. The summed E-state index contributed by atoms with van der Waals surface area (Å²) in [6, 6.07) is 11.4. The molecule has 1 heterocycles. The third-order valence-electron chi connectivity index (χ3n) is 3.83. The Morgan fingerprint density at radius 2 is 1.71 bits per heavy atom. The van der Waals surface area contributed by atoms with E-state index in [0.29, 0.717) is 12.1 Å². The second-order valence-corrected chi connectivity index (χ2v) is 5.01. The molecule has 3 heteroatoms. The van der Waals surface area contributed by atoms with Crippen molar-refractivity contribution in [3.05, 3.63) is 30.3 Å². The molecule has 3 rings (SSSR count). The van der Waals surface area contributed by atoms with E-state index in [9.17, 15) is 0 Å². The molecule has 1 fully saturated rings. The summed E-state index contributed by atoms with van der Waals surface area (Å²) < 4.78 is 0. The van der Waals surface area contributed by atoms with E-state index in [1.807, 2.05) is 6.07 Å². The molecule has 1 aliphatic carbocycles. The fraction of sp³-hybridized carbons (Fsp3) is 0.571. The Morgan fingerprint density at radius 1 is 0.941 bits per heavy atom. The third kappa shape index (κ3) is 2.19. The lowest BCUT2D eigenvalue weighted by Gasteiger charge is -2.27. The average Bonchev–Trinajstić information content (AvgIpc) is 2.72. The highest BCUT2D eigenvalue weighted by Gasteiger charge is 2.33. The maximum Gasteiger partial charge on any atom is 0.0954 e. The molecular weight excluding hydrogens is 210 g/mol. The van der Waals surface area contributed by atoms with Crippen molar-refractivity contribution in [3.8, 4) is 0 Å². The summed E-state index contributed by atoms with van der Waals surface area (Å²) in [6.45, 7) is 0. The van der Waals surface area contributed by atoms with Crippen LogP contribution in [0, 0.1) is 0 Å². The molecule has 1 aliphatic heterocycles. The molecule has 17 heavy (non-hydrogen) atoms. The van der Waals surface area contributed by atoms with E-state index in [2.05, 4.69) is 39.6 Å². The SMILES string of the molecule is c1ccc(N2N=NC3CCCCCCC32)cc1. The largest absolute Gasteiger partial charge is 0.242 e. The number of rotatable bonds is 1. The summed E-state index contributed by atoms with van der Waals surface area (Å²) in [7, 11) is 0. The minimum absolute atomic E-state index is 0.426. The molecule has 1 saturated carbocycles. The van der Waals surface area contributed by atoms with Gasteiger partial charge in [0.05, 0.1) is 17.8 Å². The quantitative estimate of drug-likeness (QED) is 0.716. The standard InChI is InChI=1S/C14H19N3/c1-2-7-11-14-13(10-6-1)15-16-17(14)12-8-4-3-5-9-12/h3-5,8-9,13-14H,1-2,6-7,10-11H2. The van der Waals surface area contributed by atoms with E-state index in [1.54, 1.807) is 0 Å². The molecule has 0 aromatic heterocycles. The van der Waals surface area contributed by atoms with Gasteiger partial charge in [-0.05, 0) is 25.0 Å². The van der Waals surface area contributed by atoms with Crippen molar-refractivity contribution in [1.29, 1.82) is 0 Å². The molecule has 0 bridgehead atoms. The first kappa shape index (κ1) is 10.8. The van der Waals surface area contributed by atoms with Crippen LogP contribution < -0.4 is 5.01 Å². The first-order valence-electron chi connectivity index (χ1n) is 6.70. The van der Waals surface area contributed by atoms with Gasteiger partial charge in [0, 0.05) is 0 Å². The highest BCUT2D eigenvalue weighted by Crippen LogP contribution is 2.32. The second-order valence-electron chi connectivity index (χ2n) is 5.01. The number of hydrogen-bond acceptors (Lipinski definition) is 3. The van der Waals surface area contributed by atoms with Gasteiger partial charge in [-0.1, -0.05) is 49.1 Å². The fourth-order valence-corrected chi connectivity index (χ4v) is 2.88. The number of para-hydroxylation sites is 1. The molecule has 3 nitrogen and oxygen atoms in total. The predicted molar refractivity (Wildman–Crippen MR) is 69.1 cm³/mol. The average molecular weight is 229 g/mol. The zero-order valence-corrected chi connectivity index (χ0v) is 10.1. The minimum Gasteiger partial charge on any atom is -0.242 e. The molecule has 0 amide bonds. The summed E-state index contributed by atoms with van der Waals surface area (Å²) in [5, 5.41) is 11.0. The third-order valence-corrected chi connectivity index (χ3v) is 3.83. The summed E-state index contributed by atoms with van der Waals surface area (Å²) in [4.78, 5) is 0. The van der Waals surface area contributed by atoms with Gasteiger partial charge in [0.2, 0.25) is 0 Å². The van der Waals surface area contributed by atoms with Crippen LogP contribution in [0.2, 0.25) is 0 Å². The van der Waals surface area contributed by atoms with Gasteiger partial charge in [-0.3, -0.25) is 0 Å². The first-order valence-corrected chi connectivity index (χ1v) is 6.70. The number of nitrogens with zero attached hydrogens (tertiary/aromatic N) is 3. The maximum absolute atomic E-state index is 4.47. The Morgan fingerprint density at radius 3 is 2.53 bits per heavy atom. The molecule has 0 N–H and O–H groups in total. The van der Waals surface area contributed by atoms with Crippen LogP contribution in [0.4, 0.5) is 5.69 Å². The van der Waals surface area contributed by atoms with Crippen LogP contribution in [-0.2, 0) is 0 Å². The van der Waals surface area contributed by atoms with Crippen LogP contribution in [0.25, 0.3) is 0 Å². The van der Waals surface area contributed by atoms with Gasteiger partial charge in [-0.25, -0.2) is 5.01 Å². The smallest absolute Gasteiger partial charge is 0.0954 e. The van der Waals surface area contributed by atoms with Gasteiger partial charge in [-0.2, -0.15) is 5.11 Å². The Balaban J connectivity index is 1.80. The van der Waals surface area contributed by atoms with E-state index in [1.165, 1.54) is 44.2 Å². The van der Waals surface area contributed by atoms with Crippen LogP contribution in [0.15, 0.2) is 40.7 Å².